The highest BCUT2D eigenvalue weighted by Gasteiger charge is 2.12. The average molecular weight is 1270 g/mol. The molecule has 0 atom stereocenters. The zero-order valence-corrected chi connectivity index (χ0v) is 52.1. The fourth-order valence-electron chi connectivity index (χ4n) is 8.30. The molecule has 0 aliphatic carbocycles. The summed E-state index contributed by atoms with van der Waals surface area (Å²) in [5, 5.41) is 75.8. The summed E-state index contributed by atoms with van der Waals surface area (Å²) in [6.07, 6.45) is 15.2. The smallest absolute Gasteiger partial charge is 0.189 e. The van der Waals surface area contributed by atoms with Crippen molar-refractivity contribution in [3.63, 3.8) is 0 Å². The van der Waals surface area contributed by atoms with E-state index in [9.17, 15) is 59.7 Å². The summed E-state index contributed by atoms with van der Waals surface area (Å²) in [6, 6.07) is 63.7. The molecule has 0 aliphatic heterocycles. The molecule has 0 bridgehead atoms. The van der Waals surface area contributed by atoms with E-state index in [0.29, 0.717) is 33.6 Å². The molecule has 95 heavy (non-hydrogen) atoms. The molecule has 10 aromatic rings. The first-order chi connectivity index (χ1) is 45.8. The summed E-state index contributed by atoms with van der Waals surface area (Å²) < 4.78 is 15.1. The molecule has 8 N–H and O–H groups in total. The Hall–Kier alpha value is -13.0. The lowest BCUT2D eigenvalue weighted by Crippen LogP contribution is -1.94. The van der Waals surface area contributed by atoms with Crippen molar-refractivity contribution in [2.45, 2.75) is 6.92 Å². The van der Waals surface area contributed by atoms with Crippen molar-refractivity contribution in [1.29, 1.82) is 0 Å². The first-order valence-corrected chi connectivity index (χ1v) is 29.0. The van der Waals surface area contributed by atoms with Crippen LogP contribution in [0, 0.1) is 6.92 Å². The van der Waals surface area contributed by atoms with Crippen molar-refractivity contribution in [2.24, 2.45) is 0 Å². The fourth-order valence-corrected chi connectivity index (χ4v) is 8.30. The molecule has 16 nitrogen and oxygen atoms in total. The van der Waals surface area contributed by atoms with Crippen LogP contribution in [0.5, 0.6) is 63.2 Å². The number of rotatable bonds is 18. The maximum atomic E-state index is 11.9. The van der Waals surface area contributed by atoms with Gasteiger partial charge in [0.15, 0.2) is 51.9 Å². The maximum absolute atomic E-state index is 11.9. The summed E-state index contributed by atoms with van der Waals surface area (Å²) in [5.41, 5.74) is 6.55. The number of ketones is 5. The monoisotopic (exact) mass is 1270 g/mol. The van der Waals surface area contributed by atoms with Crippen LogP contribution in [0.2, 0.25) is 0 Å². The number of benzene rings is 10. The molecular formula is C79H68O16. The first kappa shape index (κ1) is 71.1. The SMILES string of the molecule is COc1cc(/C=C/C(=O)c2ccccc2O)ccc1O.COc1ccc(/C=C/C(=O)c2ccccc2O)cc1.COc1cccc(/C=C/C(=O)c2ccccc2O)c1.Cc1ccc(/C=C/C(=O)c2ccccc2O)cc1.O=C(/C=C/c1ccc(O)c(O)c1)c1ccccc1O. The van der Waals surface area contributed by atoms with E-state index >= 15 is 0 Å². The quantitative estimate of drug-likeness (QED) is 0.0225. The van der Waals surface area contributed by atoms with E-state index in [1.165, 1.54) is 104 Å². The normalized spacial score (nSPS) is 10.7. The van der Waals surface area contributed by atoms with E-state index in [-0.39, 0.29) is 86.0 Å². The van der Waals surface area contributed by atoms with Crippen molar-refractivity contribution in [3.05, 3.63) is 322 Å². The second-order valence-corrected chi connectivity index (χ2v) is 20.2. The molecular weight excluding hydrogens is 1200 g/mol. The van der Waals surface area contributed by atoms with E-state index < -0.39 is 0 Å². The van der Waals surface area contributed by atoms with Crippen LogP contribution in [0.4, 0.5) is 0 Å². The van der Waals surface area contributed by atoms with Gasteiger partial charge in [-0.15, -0.1) is 0 Å². The largest absolute Gasteiger partial charge is 0.507 e. The maximum Gasteiger partial charge on any atom is 0.189 e. The van der Waals surface area contributed by atoms with Gasteiger partial charge in [0.1, 0.15) is 40.2 Å². The second kappa shape index (κ2) is 36.6. The third kappa shape index (κ3) is 22.8. The van der Waals surface area contributed by atoms with Gasteiger partial charge in [0.2, 0.25) is 0 Å². The molecule has 10 rings (SSSR count). The molecule has 0 aromatic heterocycles. The highest BCUT2D eigenvalue weighted by Crippen LogP contribution is 2.29. The number of aryl methyl sites for hydroxylation is 1. The number of hydrogen-bond acceptors (Lipinski definition) is 16. The number of para-hydroxylation sites is 5. The summed E-state index contributed by atoms with van der Waals surface area (Å²) >= 11 is 0. The molecule has 0 fully saturated rings. The van der Waals surface area contributed by atoms with Gasteiger partial charge in [-0.1, -0.05) is 157 Å². The number of phenolic OH excluding ortho intramolecular Hbond substituents is 8. The first-order valence-electron chi connectivity index (χ1n) is 29.0. The molecule has 0 saturated carbocycles. The Morgan fingerprint density at radius 3 is 0.905 bits per heavy atom. The molecule has 0 radical (unpaired) electrons. The standard InChI is InChI=1S/C16H14O4.2C16H14O3.C16H14O2.C15H12O4/c1-20-16-10-11(7-9-15(16)19)6-8-14(18)12-4-2-3-5-13(12)17;1-19-13-6-4-5-12(11-13)9-10-16(18)14-7-2-3-8-15(14)17;1-19-13-9-6-12(7-10-13)8-11-16(18)14-4-2-3-5-15(14)17;1-12-6-8-13(9-7-12)10-11-16(18)14-4-2-3-5-15(14)17;16-12-4-2-1-3-11(12)13(17)7-5-10-6-8-14(18)15(19)9-10/h2-10,17,19H,1H3;2*2-11,17H,1H3;2-11,17H,1H3;1-9,16,18-19H/b8-6+;10-9+;11-8+;11-10+;7-5+. The number of allylic oxidation sites excluding steroid dienone is 5. The lowest BCUT2D eigenvalue weighted by atomic mass is 10.1. The Balaban J connectivity index is 0.000000188. The Labute approximate surface area is 549 Å². The molecule has 0 spiro atoms. The van der Waals surface area contributed by atoms with E-state index in [0.717, 1.165) is 28.2 Å². The van der Waals surface area contributed by atoms with Gasteiger partial charge in [-0.05, 0) is 174 Å². The number of phenols is 8. The Bertz CT molecular complexity index is 4400. The summed E-state index contributed by atoms with van der Waals surface area (Å²) in [7, 11) is 4.65. The van der Waals surface area contributed by atoms with Crippen molar-refractivity contribution < 1.29 is 79.0 Å². The molecule has 0 amide bonds. The van der Waals surface area contributed by atoms with Crippen LogP contribution in [0.1, 0.15) is 85.2 Å². The Kier molecular flexibility index (Phi) is 27.4. The predicted molar refractivity (Wildman–Crippen MR) is 369 cm³/mol. The minimum atomic E-state index is -0.342. The topological polar surface area (TPSA) is 275 Å². The van der Waals surface area contributed by atoms with Crippen LogP contribution in [0.15, 0.2) is 261 Å². The summed E-state index contributed by atoms with van der Waals surface area (Å²) in [4.78, 5) is 59.4. The van der Waals surface area contributed by atoms with E-state index in [1.807, 2.05) is 79.7 Å². The third-order valence-corrected chi connectivity index (χ3v) is 13.5. The van der Waals surface area contributed by atoms with Crippen LogP contribution in [0.25, 0.3) is 30.4 Å². The number of aromatic hydroxyl groups is 8. The van der Waals surface area contributed by atoms with Crippen LogP contribution >= 0.6 is 0 Å². The van der Waals surface area contributed by atoms with Crippen molar-refractivity contribution in [2.75, 3.05) is 21.3 Å². The van der Waals surface area contributed by atoms with Gasteiger partial charge in [-0.25, -0.2) is 0 Å². The molecule has 0 unspecified atom stereocenters. The molecule has 16 heteroatoms. The molecule has 10 aromatic carbocycles. The van der Waals surface area contributed by atoms with Gasteiger partial charge in [-0.2, -0.15) is 0 Å². The summed E-state index contributed by atoms with van der Waals surface area (Å²) in [6.45, 7) is 2.01. The number of carbonyl (C=O) groups is 5. The van der Waals surface area contributed by atoms with Gasteiger partial charge >= 0.3 is 0 Å². The van der Waals surface area contributed by atoms with Gasteiger partial charge in [-0.3, -0.25) is 24.0 Å². The van der Waals surface area contributed by atoms with Crippen LogP contribution < -0.4 is 14.2 Å². The zero-order chi connectivity index (χ0) is 68.7. The molecule has 0 aliphatic rings. The van der Waals surface area contributed by atoms with Gasteiger partial charge < -0.3 is 55.1 Å². The molecule has 0 saturated heterocycles. The van der Waals surface area contributed by atoms with E-state index in [2.05, 4.69) is 0 Å². The Morgan fingerprint density at radius 2 is 0.568 bits per heavy atom. The predicted octanol–water partition coefficient (Wildman–Crippen LogP) is 15.9. The van der Waals surface area contributed by atoms with Crippen molar-refractivity contribution in [3.8, 4) is 63.2 Å². The second-order valence-electron chi connectivity index (χ2n) is 20.2. The lowest BCUT2D eigenvalue weighted by molar-refractivity contribution is 0.103. The zero-order valence-electron chi connectivity index (χ0n) is 52.1. The van der Waals surface area contributed by atoms with Gasteiger partial charge in [0.05, 0.1) is 49.1 Å². The number of hydrogen-bond donors (Lipinski definition) is 8. The molecule has 480 valence electrons. The number of ether oxygens (including phenoxy) is 3. The highest BCUT2D eigenvalue weighted by atomic mass is 16.5. The van der Waals surface area contributed by atoms with E-state index in [4.69, 9.17) is 19.3 Å². The van der Waals surface area contributed by atoms with Crippen LogP contribution in [-0.2, 0) is 0 Å². The van der Waals surface area contributed by atoms with E-state index in [1.54, 1.807) is 142 Å². The highest BCUT2D eigenvalue weighted by molar-refractivity contribution is 6.11. The molecule has 0 heterocycles. The van der Waals surface area contributed by atoms with Crippen molar-refractivity contribution >= 4 is 59.3 Å². The summed E-state index contributed by atoms with van der Waals surface area (Å²) in [5.74, 6) is -0.0345. The van der Waals surface area contributed by atoms with Gasteiger partial charge in [0.25, 0.3) is 0 Å². The minimum Gasteiger partial charge on any atom is -0.507 e. The lowest BCUT2D eigenvalue weighted by Gasteiger charge is -2.03. The average Bonchev–Trinajstić information content (AvgIpc) is 2.81. The van der Waals surface area contributed by atoms with Crippen molar-refractivity contribution in [1.82, 2.24) is 0 Å². The fraction of sp³-hybridized carbons (Fsp3) is 0.0506. The number of carbonyl (C=O) groups excluding carboxylic acids is 5. The van der Waals surface area contributed by atoms with Gasteiger partial charge in [0, 0.05) is 0 Å². The Morgan fingerprint density at radius 1 is 0.263 bits per heavy atom. The van der Waals surface area contributed by atoms with Crippen LogP contribution in [-0.4, -0.2) is 91.1 Å². The minimum absolute atomic E-state index is 0.00752. The van der Waals surface area contributed by atoms with Crippen LogP contribution in [0.3, 0.4) is 0 Å². The third-order valence-electron chi connectivity index (χ3n) is 13.5. The number of methoxy groups -OCH3 is 3.